The minimum atomic E-state index is 0.514. The molecular formula is C31H38OS. The van der Waals surface area contributed by atoms with E-state index in [9.17, 15) is 0 Å². The third-order valence-corrected chi connectivity index (χ3v) is 6.70. The van der Waals surface area contributed by atoms with Gasteiger partial charge in [0.25, 0.3) is 0 Å². The number of ether oxygens (including phenoxy) is 1. The summed E-state index contributed by atoms with van der Waals surface area (Å²) in [6.45, 7) is 6.79. The molecule has 0 unspecified atom stereocenters. The molecule has 3 rings (SSSR count). The van der Waals surface area contributed by atoms with Gasteiger partial charge < -0.3 is 4.74 Å². The van der Waals surface area contributed by atoms with Crippen LogP contribution in [0, 0.1) is 5.92 Å². The van der Waals surface area contributed by atoms with E-state index in [4.69, 9.17) is 17.0 Å². The van der Waals surface area contributed by atoms with Gasteiger partial charge in [0, 0.05) is 5.56 Å². The molecule has 3 aromatic rings. The summed E-state index contributed by atoms with van der Waals surface area (Å²) in [6.07, 6.45) is 10.0. The second-order valence-corrected chi connectivity index (χ2v) is 9.53. The van der Waals surface area contributed by atoms with E-state index in [0.29, 0.717) is 11.0 Å². The van der Waals surface area contributed by atoms with Crippen LogP contribution in [0.2, 0.25) is 0 Å². The van der Waals surface area contributed by atoms with Crippen molar-refractivity contribution in [1.82, 2.24) is 0 Å². The van der Waals surface area contributed by atoms with Crippen molar-refractivity contribution in [2.75, 3.05) is 0 Å². The van der Waals surface area contributed by atoms with Gasteiger partial charge in [-0.25, -0.2) is 0 Å². The molecule has 0 bridgehead atoms. The van der Waals surface area contributed by atoms with Crippen molar-refractivity contribution < 1.29 is 4.74 Å². The van der Waals surface area contributed by atoms with Crippen LogP contribution >= 0.6 is 12.2 Å². The van der Waals surface area contributed by atoms with Crippen molar-refractivity contribution in [3.8, 4) is 16.9 Å². The summed E-state index contributed by atoms with van der Waals surface area (Å²) in [7, 11) is 0. The van der Waals surface area contributed by atoms with E-state index in [1.165, 1.54) is 55.2 Å². The lowest BCUT2D eigenvalue weighted by atomic mass is 9.97. The monoisotopic (exact) mass is 458 g/mol. The molecule has 0 saturated carbocycles. The van der Waals surface area contributed by atoms with Crippen LogP contribution in [0.4, 0.5) is 0 Å². The zero-order chi connectivity index (χ0) is 23.5. The first-order chi connectivity index (χ1) is 16.1. The third-order valence-electron chi connectivity index (χ3n) is 6.40. The summed E-state index contributed by atoms with van der Waals surface area (Å²) in [6, 6.07) is 25.6. The van der Waals surface area contributed by atoms with E-state index in [0.717, 1.165) is 29.7 Å². The number of thiocarbonyl (C=S) groups is 1. The Morgan fingerprint density at radius 1 is 0.788 bits per heavy atom. The lowest BCUT2D eigenvalue weighted by Crippen LogP contribution is -2.08. The Bertz CT molecular complexity index is 988. The maximum absolute atomic E-state index is 6.09. The topological polar surface area (TPSA) is 9.23 Å². The van der Waals surface area contributed by atoms with Crippen molar-refractivity contribution >= 4 is 17.3 Å². The summed E-state index contributed by atoms with van der Waals surface area (Å²) in [5.41, 5.74) is 6.00. The van der Waals surface area contributed by atoms with Crippen molar-refractivity contribution in [3.05, 3.63) is 89.5 Å². The van der Waals surface area contributed by atoms with Gasteiger partial charge in [-0.2, -0.15) is 0 Å². The van der Waals surface area contributed by atoms with Crippen molar-refractivity contribution in [2.45, 2.75) is 72.1 Å². The Hall–Kier alpha value is -2.45. The van der Waals surface area contributed by atoms with E-state index in [1.54, 1.807) is 0 Å². The molecule has 1 nitrogen and oxygen atoms in total. The van der Waals surface area contributed by atoms with Crippen molar-refractivity contribution in [3.63, 3.8) is 0 Å². The maximum atomic E-state index is 6.09. The Labute approximate surface area is 206 Å². The lowest BCUT2D eigenvalue weighted by Gasteiger charge is -2.13. The number of aryl methyl sites for hydroxylation is 1. The zero-order valence-electron chi connectivity index (χ0n) is 20.5. The van der Waals surface area contributed by atoms with E-state index < -0.39 is 0 Å². The molecule has 0 spiro atoms. The molecule has 3 aromatic carbocycles. The van der Waals surface area contributed by atoms with Crippen molar-refractivity contribution in [2.24, 2.45) is 5.92 Å². The lowest BCUT2D eigenvalue weighted by molar-refractivity contribution is 0.554. The first kappa shape index (κ1) is 25.2. The highest BCUT2D eigenvalue weighted by Gasteiger charge is 2.12. The Morgan fingerprint density at radius 3 is 2.15 bits per heavy atom. The van der Waals surface area contributed by atoms with E-state index in [1.807, 2.05) is 18.2 Å². The van der Waals surface area contributed by atoms with Crippen LogP contribution in [0.1, 0.15) is 76.0 Å². The van der Waals surface area contributed by atoms with Gasteiger partial charge in [-0.1, -0.05) is 107 Å². The first-order valence-electron chi connectivity index (χ1n) is 12.6. The second kappa shape index (κ2) is 13.3. The highest BCUT2D eigenvalue weighted by Crippen LogP contribution is 2.27. The SMILES string of the molecule is CCCCCCCc1ccc(-c2ccccc2C(=S)Oc2ccc(C[C@@H](C)CC)cc2)cc1. The van der Waals surface area contributed by atoms with Crippen molar-refractivity contribution in [1.29, 1.82) is 0 Å². The average Bonchev–Trinajstić information content (AvgIpc) is 2.85. The largest absolute Gasteiger partial charge is 0.445 e. The van der Waals surface area contributed by atoms with E-state index in [2.05, 4.69) is 75.4 Å². The molecule has 0 heterocycles. The number of hydrogen-bond acceptors (Lipinski definition) is 2. The Morgan fingerprint density at radius 2 is 1.45 bits per heavy atom. The normalized spacial score (nSPS) is 11.8. The molecular weight excluding hydrogens is 420 g/mol. The summed E-state index contributed by atoms with van der Waals surface area (Å²) in [5.74, 6) is 1.48. The fourth-order valence-electron chi connectivity index (χ4n) is 4.10. The molecule has 0 aliphatic rings. The van der Waals surface area contributed by atoms with Gasteiger partial charge in [-0.05, 0) is 77.9 Å². The smallest absolute Gasteiger partial charge is 0.198 e. The molecule has 33 heavy (non-hydrogen) atoms. The number of hydrogen-bond donors (Lipinski definition) is 0. The molecule has 0 aromatic heterocycles. The van der Waals surface area contributed by atoms with Crippen LogP contribution < -0.4 is 4.74 Å². The third kappa shape index (κ3) is 7.82. The fraction of sp³-hybridized carbons (Fsp3) is 0.387. The van der Waals surface area contributed by atoms with Gasteiger partial charge in [0.05, 0.1) is 0 Å². The average molecular weight is 459 g/mol. The quantitative estimate of drug-likeness (QED) is 0.197. The van der Waals surface area contributed by atoms with Crippen LogP contribution in [0.15, 0.2) is 72.8 Å². The molecule has 0 radical (unpaired) electrons. The minimum absolute atomic E-state index is 0.514. The molecule has 174 valence electrons. The molecule has 0 N–H and O–H groups in total. The second-order valence-electron chi connectivity index (χ2n) is 9.16. The fourth-order valence-corrected chi connectivity index (χ4v) is 4.37. The summed E-state index contributed by atoms with van der Waals surface area (Å²) in [5, 5.41) is 0.514. The van der Waals surface area contributed by atoms with Gasteiger partial charge in [0.1, 0.15) is 5.75 Å². The van der Waals surface area contributed by atoms with Gasteiger partial charge in [0.2, 0.25) is 0 Å². The number of benzene rings is 3. The summed E-state index contributed by atoms with van der Waals surface area (Å²) >= 11 is 5.71. The van der Waals surface area contributed by atoms with Crippen LogP contribution in [0.5, 0.6) is 5.75 Å². The van der Waals surface area contributed by atoms with Gasteiger partial charge >= 0.3 is 0 Å². The molecule has 0 saturated heterocycles. The summed E-state index contributed by atoms with van der Waals surface area (Å²) < 4.78 is 6.09. The highest BCUT2D eigenvalue weighted by molar-refractivity contribution is 7.80. The molecule has 1 atom stereocenters. The van der Waals surface area contributed by atoms with Crippen LogP contribution in [-0.2, 0) is 12.8 Å². The maximum Gasteiger partial charge on any atom is 0.198 e. The minimum Gasteiger partial charge on any atom is -0.445 e. The first-order valence-corrected chi connectivity index (χ1v) is 13.0. The summed E-state index contributed by atoms with van der Waals surface area (Å²) in [4.78, 5) is 0. The predicted molar refractivity (Wildman–Crippen MR) is 146 cm³/mol. The van der Waals surface area contributed by atoms with Gasteiger partial charge in [-0.3, -0.25) is 0 Å². The van der Waals surface area contributed by atoms with Crippen LogP contribution in [0.3, 0.4) is 0 Å². The van der Waals surface area contributed by atoms with Gasteiger partial charge in [-0.15, -0.1) is 0 Å². The van der Waals surface area contributed by atoms with Crippen LogP contribution in [-0.4, -0.2) is 5.05 Å². The van der Waals surface area contributed by atoms with E-state index in [-0.39, 0.29) is 0 Å². The van der Waals surface area contributed by atoms with Gasteiger partial charge in [0.15, 0.2) is 5.05 Å². The number of unbranched alkanes of at least 4 members (excludes halogenated alkanes) is 4. The number of rotatable bonds is 12. The molecule has 0 aliphatic carbocycles. The molecule has 0 amide bonds. The van der Waals surface area contributed by atoms with Crippen LogP contribution in [0.25, 0.3) is 11.1 Å². The Kier molecular flexibility index (Phi) is 10.2. The van der Waals surface area contributed by atoms with E-state index >= 15 is 0 Å². The zero-order valence-corrected chi connectivity index (χ0v) is 21.3. The molecule has 0 fully saturated rings. The Balaban J connectivity index is 1.65. The predicted octanol–water partition coefficient (Wildman–Crippen LogP) is 9.21. The molecule has 0 aliphatic heterocycles. The molecule has 2 heteroatoms. The highest BCUT2D eigenvalue weighted by atomic mass is 32.1. The standard InChI is InChI=1S/C31H38OS/c1-4-6-7-8-9-12-25-15-19-27(20-16-25)29-13-10-11-14-30(29)31(33)32-28-21-17-26(18-22-28)23-24(3)5-2/h10-11,13-22,24H,4-9,12,23H2,1-3H3/t24-/m0/s1.